The first kappa shape index (κ1) is 13.5. The van der Waals surface area contributed by atoms with Gasteiger partial charge in [0.25, 0.3) is 0 Å². The van der Waals surface area contributed by atoms with Crippen molar-refractivity contribution in [1.29, 1.82) is 0 Å². The fourth-order valence-corrected chi connectivity index (χ4v) is 2.19. The molecule has 0 aromatic rings. The minimum Gasteiger partial charge on any atom is -0.469 e. The van der Waals surface area contributed by atoms with Crippen LogP contribution >= 0.6 is 0 Å². The summed E-state index contributed by atoms with van der Waals surface area (Å²) in [5.41, 5.74) is 0. The molecule has 1 N–H and O–H groups in total. The van der Waals surface area contributed by atoms with E-state index >= 15 is 0 Å². The third-order valence-electron chi connectivity index (χ3n) is 3.25. The number of nitrogens with zero attached hydrogens (tertiary/aromatic N) is 1. The van der Waals surface area contributed by atoms with E-state index in [0.29, 0.717) is 6.04 Å². The number of methoxy groups -OCH3 is 1. The summed E-state index contributed by atoms with van der Waals surface area (Å²) >= 11 is 0. The fraction of sp³-hybridized carbons (Fsp3) is 0.917. The molecule has 0 bridgehead atoms. The molecule has 0 atom stereocenters. The van der Waals surface area contributed by atoms with Crippen LogP contribution in [-0.2, 0) is 9.53 Å². The number of rotatable bonds is 5. The molecule has 0 radical (unpaired) electrons. The lowest BCUT2D eigenvalue weighted by molar-refractivity contribution is -0.146. The molecule has 0 spiro atoms. The standard InChI is InChI=1S/C12H24N2O2/c1-14(2)9-8-13-11-6-4-10(5-7-11)12(15)16-3/h10-11,13H,4-9H2,1-3H3/t10-,11-. The average molecular weight is 228 g/mol. The molecule has 1 aliphatic carbocycles. The number of nitrogens with one attached hydrogen (secondary N) is 1. The van der Waals surface area contributed by atoms with Crippen LogP contribution in [0.5, 0.6) is 0 Å². The second-order valence-electron chi connectivity index (χ2n) is 4.83. The van der Waals surface area contributed by atoms with Crippen LogP contribution < -0.4 is 5.32 Å². The van der Waals surface area contributed by atoms with Gasteiger partial charge in [-0.1, -0.05) is 0 Å². The first-order valence-electron chi connectivity index (χ1n) is 6.09. The van der Waals surface area contributed by atoms with Crippen molar-refractivity contribution in [3.8, 4) is 0 Å². The summed E-state index contributed by atoms with van der Waals surface area (Å²) < 4.78 is 4.77. The van der Waals surface area contributed by atoms with Crippen molar-refractivity contribution in [3.63, 3.8) is 0 Å². The Morgan fingerprint density at radius 1 is 1.31 bits per heavy atom. The molecule has 1 fully saturated rings. The van der Waals surface area contributed by atoms with Crippen molar-refractivity contribution in [2.75, 3.05) is 34.3 Å². The van der Waals surface area contributed by atoms with Crippen molar-refractivity contribution in [1.82, 2.24) is 10.2 Å². The second-order valence-corrected chi connectivity index (χ2v) is 4.83. The molecular weight excluding hydrogens is 204 g/mol. The van der Waals surface area contributed by atoms with Crippen LogP contribution in [0.2, 0.25) is 0 Å². The van der Waals surface area contributed by atoms with E-state index in [-0.39, 0.29) is 11.9 Å². The molecule has 0 unspecified atom stereocenters. The zero-order chi connectivity index (χ0) is 12.0. The Labute approximate surface area is 98.3 Å². The largest absolute Gasteiger partial charge is 0.469 e. The van der Waals surface area contributed by atoms with Gasteiger partial charge < -0.3 is 15.0 Å². The molecule has 1 saturated carbocycles. The van der Waals surface area contributed by atoms with E-state index in [1.807, 2.05) is 0 Å². The lowest BCUT2D eigenvalue weighted by Gasteiger charge is -2.28. The van der Waals surface area contributed by atoms with Gasteiger partial charge in [0.05, 0.1) is 13.0 Å². The molecule has 0 amide bonds. The van der Waals surface area contributed by atoms with Crippen LogP contribution in [0, 0.1) is 5.92 Å². The molecule has 0 heterocycles. The second kappa shape index (κ2) is 6.86. The minimum atomic E-state index is -0.0354. The van der Waals surface area contributed by atoms with Crippen LogP contribution in [0.15, 0.2) is 0 Å². The zero-order valence-corrected chi connectivity index (χ0v) is 10.7. The van der Waals surface area contributed by atoms with Crippen molar-refractivity contribution in [2.45, 2.75) is 31.7 Å². The maximum Gasteiger partial charge on any atom is 0.308 e. The summed E-state index contributed by atoms with van der Waals surface area (Å²) in [4.78, 5) is 13.5. The molecule has 1 aliphatic rings. The Hall–Kier alpha value is -0.610. The highest BCUT2D eigenvalue weighted by molar-refractivity contribution is 5.72. The predicted octanol–water partition coefficient (Wildman–Crippen LogP) is 0.869. The lowest BCUT2D eigenvalue weighted by Crippen LogP contribution is -2.38. The fourth-order valence-electron chi connectivity index (χ4n) is 2.19. The van der Waals surface area contributed by atoms with Gasteiger partial charge in [0.15, 0.2) is 0 Å². The van der Waals surface area contributed by atoms with Crippen molar-refractivity contribution >= 4 is 5.97 Å². The van der Waals surface area contributed by atoms with E-state index in [0.717, 1.165) is 38.8 Å². The quantitative estimate of drug-likeness (QED) is 0.709. The van der Waals surface area contributed by atoms with Crippen LogP contribution in [0.4, 0.5) is 0 Å². The highest BCUT2D eigenvalue weighted by Crippen LogP contribution is 2.24. The molecule has 0 saturated heterocycles. The normalized spacial score (nSPS) is 25.8. The highest BCUT2D eigenvalue weighted by Gasteiger charge is 2.26. The molecule has 0 aromatic carbocycles. The Bertz CT molecular complexity index is 211. The van der Waals surface area contributed by atoms with E-state index in [4.69, 9.17) is 4.74 Å². The van der Waals surface area contributed by atoms with Gasteiger partial charge in [0.2, 0.25) is 0 Å². The maximum atomic E-state index is 11.3. The van der Waals surface area contributed by atoms with Gasteiger partial charge in [-0.2, -0.15) is 0 Å². The molecule has 0 aliphatic heterocycles. The maximum absolute atomic E-state index is 11.3. The molecule has 1 rings (SSSR count). The monoisotopic (exact) mass is 228 g/mol. The van der Waals surface area contributed by atoms with Crippen molar-refractivity contribution in [3.05, 3.63) is 0 Å². The van der Waals surface area contributed by atoms with Gasteiger partial charge in [-0.25, -0.2) is 0 Å². The van der Waals surface area contributed by atoms with Crippen LogP contribution in [0.3, 0.4) is 0 Å². The summed E-state index contributed by atoms with van der Waals surface area (Å²) in [5.74, 6) is 0.101. The zero-order valence-electron chi connectivity index (χ0n) is 10.7. The van der Waals surface area contributed by atoms with Gasteiger partial charge in [0, 0.05) is 19.1 Å². The van der Waals surface area contributed by atoms with E-state index in [1.54, 1.807) is 0 Å². The van der Waals surface area contributed by atoms with E-state index in [1.165, 1.54) is 7.11 Å². The van der Waals surface area contributed by atoms with Crippen LogP contribution in [0.1, 0.15) is 25.7 Å². The summed E-state index contributed by atoms with van der Waals surface area (Å²) in [5, 5.41) is 3.54. The number of ether oxygens (including phenoxy) is 1. The van der Waals surface area contributed by atoms with Gasteiger partial charge in [-0.3, -0.25) is 4.79 Å². The van der Waals surface area contributed by atoms with E-state index in [9.17, 15) is 4.79 Å². The molecule has 4 heteroatoms. The molecule has 16 heavy (non-hydrogen) atoms. The highest BCUT2D eigenvalue weighted by atomic mass is 16.5. The van der Waals surface area contributed by atoms with E-state index in [2.05, 4.69) is 24.3 Å². The molecule has 0 aromatic heterocycles. The number of esters is 1. The minimum absolute atomic E-state index is 0.0354. The summed E-state index contributed by atoms with van der Waals surface area (Å²) in [7, 11) is 5.63. The van der Waals surface area contributed by atoms with Crippen molar-refractivity contribution in [2.24, 2.45) is 5.92 Å². The Kier molecular flexibility index (Phi) is 5.77. The number of likely N-dealkylation sites (N-methyl/N-ethyl adjacent to an activating group) is 1. The topological polar surface area (TPSA) is 41.6 Å². The first-order valence-corrected chi connectivity index (χ1v) is 6.09. The molecule has 4 nitrogen and oxygen atoms in total. The van der Waals surface area contributed by atoms with E-state index < -0.39 is 0 Å². The Balaban J connectivity index is 2.14. The molecule has 94 valence electrons. The van der Waals surface area contributed by atoms with Crippen molar-refractivity contribution < 1.29 is 9.53 Å². The van der Waals surface area contributed by atoms with Crippen LogP contribution in [-0.4, -0.2) is 51.2 Å². The Morgan fingerprint density at radius 3 is 2.44 bits per heavy atom. The SMILES string of the molecule is COC(=O)[C@H]1CC[C@H](NCCN(C)C)CC1. The number of carbonyl (C=O) groups excluding carboxylic acids is 1. The number of hydrogen-bond donors (Lipinski definition) is 1. The van der Waals surface area contributed by atoms with Crippen LogP contribution in [0.25, 0.3) is 0 Å². The predicted molar refractivity (Wildman–Crippen MR) is 64.3 cm³/mol. The summed E-state index contributed by atoms with van der Waals surface area (Å²) in [6.07, 6.45) is 4.11. The smallest absolute Gasteiger partial charge is 0.308 e. The lowest BCUT2D eigenvalue weighted by atomic mass is 9.86. The number of hydrogen-bond acceptors (Lipinski definition) is 4. The summed E-state index contributed by atoms with van der Waals surface area (Å²) in [6.45, 7) is 2.09. The first-order chi connectivity index (χ1) is 7.63. The van der Waals surface area contributed by atoms with Gasteiger partial charge >= 0.3 is 5.97 Å². The summed E-state index contributed by atoms with van der Waals surface area (Å²) in [6, 6.07) is 0.584. The molecular formula is C12H24N2O2. The number of carbonyl (C=O) groups is 1. The average Bonchev–Trinajstić information content (AvgIpc) is 2.28. The van der Waals surface area contributed by atoms with Gasteiger partial charge in [-0.05, 0) is 39.8 Å². The van der Waals surface area contributed by atoms with Gasteiger partial charge in [0.1, 0.15) is 0 Å². The van der Waals surface area contributed by atoms with Gasteiger partial charge in [-0.15, -0.1) is 0 Å². The Morgan fingerprint density at radius 2 is 1.94 bits per heavy atom. The third kappa shape index (κ3) is 4.49. The third-order valence-corrected chi connectivity index (χ3v) is 3.25.